The third kappa shape index (κ3) is 5.68. The summed E-state index contributed by atoms with van der Waals surface area (Å²) in [6.45, 7) is 4.04. The minimum Gasteiger partial charge on any atom is -0.352 e. The van der Waals surface area contributed by atoms with Gasteiger partial charge in [-0.15, -0.1) is 0 Å². The maximum absolute atomic E-state index is 12.8. The van der Waals surface area contributed by atoms with Gasteiger partial charge in [0.2, 0.25) is 15.9 Å². The Bertz CT molecular complexity index is 946. The molecule has 162 valence electrons. The standard InChI is InChI=1S/C23H31N3O3S/c1-18-4-10-22(11-5-18)30(28,29)26-14-12-21(13-15-26)23(27)24-16-19-6-8-20(9-7-19)17-25(2)3/h4-11,21H,12-17H2,1-3H3,(H,24,27). The topological polar surface area (TPSA) is 69.7 Å². The summed E-state index contributed by atoms with van der Waals surface area (Å²) in [5.74, 6) is -0.151. The van der Waals surface area contributed by atoms with Crippen molar-refractivity contribution in [2.24, 2.45) is 5.92 Å². The summed E-state index contributed by atoms with van der Waals surface area (Å²) >= 11 is 0. The first-order valence-electron chi connectivity index (χ1n) is 10.3. The lowest BCUT2D eigenvalue weighted by Crippen LogP contribution is -2.42. The summed E-state index contributed by atoms with van der Waals surface area (Å²) in [5.41, 5.74) is 3.32. The average molecular weight is 430 g/mol. The predicted octanol–water partition coefficient (Wildman–Crippen LogP) is 2.77. The van der Waals surface area contributed by atoms with E-state index in [1.165, 1.54) is 9.87 Å². The SMILES string of the molecule is Cc1ccc(S(=O)(=O)N2CCC(C(=O)NCc3ccc(CN(C)C)cc3)CC2)cc1. The van der Waals surface area contributed by atoms with Crippen molar-refractivity contribution in [1.29, 1.82) is 0 Å². The maximum Gasteiger partial charge on any atom is 0.243 e. The molecule has 3 rings (SSSR count). The van der Waals surface area contributed by atoms with Crippen LogP contribution in [0.1, 0.15) is 29.5 Å². The van der Waals surface area contributed by atoms with Crippen molar-refractivity contribution in [1.82, 2.24) is 14.5 Å². The Morgan fingerprint density at radius 1 is 1.00 bits per heavy atom. The second-order valence-corrected chi connectivity index (χ2v) is 10.2. The van der Waals surface area contributed by atoms with Gasteiger partial charge < -0.3 is 10.2 Å². The van der Waals surface area contributed by atoms with Gasteiger partial charge in [-0.05, 0) is 57.1 Å². The molecule has 2 aromatic carbocycles. The zero-order valence-corrected chi connectivity index (χ0v) is 18.8. The third-order valence-corrected chi connectivity index (χ3v) is 7.38. The number of carbonyl (C=O) groups is 1. The number of piperidine rings is 1. The summed E-state index contributed by atoms with van der Waals surface area (Å²) < 4.78 is 27.1. The number of hydrogen-bond donors (Lipinski definition) is 1. The molecular formula is C23H31N3O3S. The first-order valence-corrected chi connectivity index (χ1v) is 11.8. The van der Waals surface area contributed by atoms with Crippen molar-refractivity contribution < 1.29 is 13.2 Å². The molecule has 0 radical (unpaired) electrons. The molecule has 0 atom stereocenters. The van der Waals surface area contributed by atoms with Crippen LogP contribution in [0.15, 0.2) is 53.4 Å². The molecule has 6 nitrogen and oxygen atoms in total. The lowest BCUT2D eigenvalue weighted by molar-refractivity contribution is -0.126. The van der Waals surface area contributed by atoms with Crippen LogP contribution in [-0.2, 0) is 27.9 Å². The van der Waals surface area contributed by atoms with Gasteiger partial charge in [-0.3, -0.25) is 4.79 Å². The fourth-order valence-corrected chi connectivity index (χ4v) is 5.15. The number of benzene rings is 2. The molecule has 0 unspecified atom stereocenters. The molecule has 2 aromatic rings. The Balaban J connectivity index is 1.50. The zero-order valence-electron chi connectivity index (χ0n) is 18.0. The number of aryl methyl sites for hydroxylation is 1. The first kappa shape index (κ1) is 22.5. The Morgan fingerprint density at radius 3 is 2.13 bits per heavy atom. The molecule has 30 heavy (non-hydrogen) atoms. The quantitative estimate of drug-likeness (QED) is 0.735. The van der Waals surface area contributed by atoms with Gasteiger partial charge in [0, 0.05) is 32.1 Å². The molecule has 1 heterocycles. The highest BCUT2D eigenvalue weighted by atomic mass is 32.2. The molecule has 1 saturated heterocycles. The van der Waals surface area contributed by atoms with E-state index in [1.54, 1.807) is 24.3 Å². The lowest BCUT2D eigenvalue weighted by atomic mass is 9.97. The van der Waals surface area contributed by atoms with E-state index >= 15 is 0 Å². The summed E-state index contributed by atoms with van der Waals surface area (Å²) in [5, 5.41) is 3.00. The Hall–Kier alpha value is -2.22. The third-order valence-electron chi connectivity index (χ3n) is 5.47. The molecule has 1 aliphatic rings. The lowest BCUT2D eigenvalue weighted by Gasteiger charge is -2.30. The van der Waals surface area contributed by atoms with Crippen LogP contribution in [0.2, 0.25) is 0 Å². The molecule has 0 bridgehead atoms. The van der Waals surface area contributed by atoms with Crippen LogP contribution in [0.3, 0.4) is 0 Å². The first-order chi connectivity index (χ1) is 14.3. The highest BCUT2D eigenvalue weighted by molar-refractivity contribution is 7.89. The number of amides is 1. The largest absolute Gasteiger partial charge is 0.352 e. The molecule has 0 saturated carbocycles. The van der Waals surface area contributed by atoms with Crippen LogP contribution in [0.5, 0.6) is 0 Å². The second kappa shape index (κ2) is 9.73. The maximum atomic E-state index is 12.8. The molecule has 1 fully saturated rings. The number of carbonyl (C=O) groups excluding carboxylic acids is 1. The van der Waals surface area contributed by atoms with E-state index in [0.29, 0.717) is 37.4 Å². The fourth-order valence-electron chi connectivity index (χ4n) is 3.68. The highest BCUT2D eigenvalue weighted by Gasteiger charge is 2.31. The summed E-state index contributed by atoms with van der Waals surface area (Å²) in [7, 11) is 0.569. The smallest absolute Gasteiger partial charge is 0.243 e. The minimum atomic E-state index is -3.50. The van der Waals surface area contributed by atoms with Crippen molar-refractivity contribution in [3.8, 4) is 0 Å². The molecule has 0 aromatic heterocycles. The number of hydrogen-bond acceptors (Lipinski definition) is 4. The Labute approximate surface area is 179 Å². The van der Waals surface area contributed by atoms with E-state index in [2.05, 4.69) is 22.3 Å². The minimum absolute atomic E-state index is 0.000230. The number of sulfonamides is 1. The van der Waals surface area contributed by atoms with Crippen molar-refractivity contribution in [3.63, 3.8) is 0 Å². The molecule has 1 amide bonds. The molecule has 7 heteroatoms. The summed E-state index contributed by atoms with van der Waals surface area (Å²) in [4.78, 5) is 15.0. The van der Waals surface area contributed by atoms with Crippen LogP contribution >= 0.6 is 0 Å². The van der Waals surface area contributed by atoms with Crippen molar-refractivity contribution >= 4 is 15.9 Å². The predicted molar refractivity (Wildman–Crippen MR) is 118 cm³/mol. The summed E-state index contributed by atoms with van der Waals surface area (Å²) in [6.07, 6.45) is 1.08. The monoisotopic (exact) mass is 429 g/mol. The van der Waals surface area contributed by atoms with Crippen LogP contribution in [0.25, 0.3) is 0 Å². The molecule has 1 N–H and O–H groups in total. The van der Waals surface area contributed by atoms with Gasteiger partial charge in [0.15, 0.2) is 0 Å². The van der Waals surface area contributed by atoms with Crippen LogP contribution in [0, 0.1) is 12.8 Å². The van der Waals surface area contributed by atoms with Crippen LogP contribution in [-0.4, -0.2) is 50.7 Å². The van der Waals surface area contributed by atoms with Gasteiger partial charge >= 0.3 is 0 Å². The van der Waals surface area contributed by atoms with E-state index in [4.69, 9.17) is 0 Å². The molecule has 0 aliphatic carbocycles. The number of rotatable bonds is 7. The van der Waals surface area contributed by atoms with E-state index < -0.39 is 10.0 Å². The Morgan fingerprint density at radius 2 is 1.57 bits per heavy atom. The van der Waals surface area contributed by atoms with E-state index in [1.807, 2.05) is 33.2 Å². The van der Waals surface area contributed by atoms with Gasteiger partial charge in [0.05, 0.1) is 4.90 Å². The number of nitrogens with one attached hydrogen (secondary N) is 1. The molecule has 0 spiro atoms. The Kier molecular flexibility index (Phi) is 7.28. The van der Waals surface area contributed by atoms with Gasteiger partial charge in [-0.25, -0.2) is 8.42 Å². The van der Waals surface area contributed by atoms with Crippen molar-refractivity contribution in [2.45, 2.75) is 37.8 Å². The molecular weight excluding hydrogens is 398 g/mol. The fraction of sp³-hybridized carbons (Fsp3) is 0.435. The van der Waals surface area contributed by atoms with Gasteiger partial charge in [0.1, 0.15) is 0 Å². The van der Waals surface area contributed by atoms with Gasteiger partial charge in [-0.2, -0.15) is 4.31 Å². The number of nitrogens with zero attached hydrogens (tertiary/aromatic N) is 2. The normalized spacial score (nSPS) is 16.0. The van der Waals surface area contributed by atoms with Crippen molar-refractivity contribution in [2.75, 3.05) is 27.2 Å². The average Bonchev–Trinajstić information content (AvgIpc) is 2.73. The van der Waals surface area contributed by atoms with Gasteiger partial charge in [0.25, 0.3) is 0 Å². The van der Waals surface area contributed by atoms with Gasteiger partial charge in [-0.1, -0.05) is 42.0 Å². The highest BCUT2D eigenvalue weighted by Crippen LogP contribution is 2.24. The summed E-state index contributed by atoms with van der Waals surface area (Å²) in [6, 6.07) is 15.1. The van der Waals surface area contributed by atoms with Crippen LogP contribution < -0.4 is 5.32 Å². The van der Waals surface area contributed by atoms with Crippen LogP contribution in [0.4, 0.5) is 0 Å². The van der Waals surface area contributed by atoms with E-state index in [0.717, 1.165) is 17.7 Å². The van der Waals surface area contributed by atoms with Crippen molar-refractivity contribution in [3.05, 3.63) is 65.2 Å². The molecule has 1 aliphatic heterocycles. The second-order valence-electron chi connectivity index (χ2n) is 8.26. The van der Waals surface area contributed by atoms with E-state index in [-0.39, 0.29) is 11.8 Å². The zero-order chi connectivity index (χ0) is 21.7. The van der Waals surface area contributed by atoms with E-state index in [9.17, 15) is 13.2 Å².